The van der Waals surface area contributed by atoms with Crippen molar-refractivity contribution in [2.24, 2.45) is 0 Å². The molecule has 0 unspecified atom stereocenters. The Morgan fingerprint density at radius 1 is 1.90 bits per heavy atom. The molecule has 1 heterocycles. The van der Waals surface area contributed by atoms with Crippen LogP contribution in [0.4, 0.5) is 0 Å². The number of allylic oxidation sites excluding steroid dienone is 1. The minimum atomic E-state index is 0.0231. The largest absolute Gasteiger partial charge is 0.294 e. The lowest BCUT2D eigenvalue weighted by atomic mass is 10.3. The molecule has 0 spiro atoms. The number of thiazole rings is 1. The molecule has 1 rings (SSSR count). The molecule has 0 atom stereocenters. The smallest absolute Gasteiger partial charge is 0.161 e. The second-order valence-electron chi connectivity index (χ2n) is 1.77. The van der Waals surface area contributed by atoms with Crippen molar-refractivity contribution in [1.82, 2.24) is 4.98 Å². The van der Waals surface area contributed by atoms with E-state index in [1.807, 2.05) is 5.38 Å². The molecule has 0 saturated carbocycles. The average Bonchev–Trinajstić information content (AvgIpc) is 2.40. The van der Waals surface area contributed by atoms with Gasteiger partial charge in [0.15, 0.2) is 5.78 Å². The van der Waals surface area contributed by atoms with Crippen LogP contribution in [0.1, 0.15) is 5.01 Å². The fourth-order valence-corrected chi connectivity index (χ4v) is 1.19. The number of rotatable bonds is 3. The Morgan fingerprint density at radius 3 is 3.20 bits per heavy atom. The first-order valence-corrected chi connectivity index (χ1v) is 3.74. The lowest BCUT2D eigenvalue weighted by molar-refractivity contribution is -0.114. The highest BCUT2D eigenvalue weighted by molar-refractivity contribution is 7.09. The minimum Gasteiger partial charge on any atom is -0.294 e. The maximum Gasteiger partial charge on any atom is 0.161 e. The van der Waals surface area contributed by atoms with Crippen molar-refractivity contribution in [2.45, 2.75) is 6.42 Å². The van der Waals surface area contributed by atoms with Crippen molar-refractivity contribution in [3.05, 3.63) is 29.2 Å². The first-order valence-electron chi connectivity index (χ1n) is 2.86. The zero-order chi connectivity index (χ0) is 7.40. The van der Waals surface area contributed by atoms with Crippen molar-refractivity contribution in [3.63, 3.8) is 0 Å². The fraction of sp³-hybridized carbons (Fsp3) is 0.143. The van der Waals surface area contributed by atoms with E-state index in [9.17, 15) is 4.79 Å². The molecule has 0 saturated heterocycles. The second-order valence-corrected chi connectivity index (χ2v) is 2.75. The number of nitrogens with zero attached hydrogens (tertiary/aromatic N) is 1. The van der Waals surface area contributed by atoms with Crippen LogP contribution in [0.3, 0.4) is 0 Å². The van der Waals surface area contributed by atoms with Crippen LogP contribution in [0.25, 0.3) is 0 Å². The number of carbonyl (C=O) groups is 1. The highest BCUT2D eigenvalue weighted by atomic mass is 32.1. The van der Waals surface area contributed by atoms with Crippen molar-refractivity contribution < 1.29 is 4.79 Å². The maximum atomic E-state index is 10.7. The van der Waals surface area contributed by atoms with Crippen LogP contribution in [0, 0.1) is 0 Å². The third kappa shape index (κ3) is 1.77. The lowest BCUT2D eigenvalue weighted by Crippen LogP contribution is -1.96. The average molecular weight is 153 g/mol. The summed E-state index contributed by atoms with van der Waals surface area (Å²) >= 11 is 1.49. The summed E-state index contributed by atoms with van der Waals surface area (Å²) in [5, 5.41) is 2.70. The van der Waals surface area contributed by atoms with Crippen LogP contribution >= 0.6 is 11.3 Å². The summed E-state index contributed by atoms with van der Waals surface area (Å²) in [6.07, 6.45) is 3.40. The second kappa shape index (κ2) is 3.27. The Hall–Kier alpha value is -0.960. The maximum absolute atomic E-state index is 10.7. The summed E-state index contributed by atoms with van der Waals surface area (Å²) in [6, 6.07) is 0. The molecule has 0 radical (unpaired) electrons. The Morgan fingerprint density at radius 2 is 2.70 bits per heavy atom. The van der Waals surface area contributed by atoms with Gasteiger partial charge in [-0.1, -0.05) is 6.58 Å². The molecule has 10 heavy (non-hydrogen) atoms. The molecule has 0 fully saturated rings. The Bertz CT molecular complexity index is 228. The van der Waals surface area contributed by atoms with E-state index in [-0.39, 0.29) is 5.78 Å². The highest BCUT2D eigenvalue weighted by Crippen LogP contribution is 2.04. The molecule has 1 aromatic heterocycles. The molecule has 0 aliphatic rings. The monoisotopic (exact) mass is 153 g/mol. The number of ketones is 1. The van der Waals surface area contributed by atoms with E-state index in [4.69, 9.17) is 0 Å². The molecule has 1 aromatic rings. The predicted molar refractivity (Wildman–Crippen MR) is 41.0 cm³/mol. The standard InChI is InChI=1S/C7H7NOS/c1-2-6(9)5-7-8-3-4-10-7/h2-4H,1,5H2. The van der Waals surface area contributed by atoms with Gasteiger partial charge in [-0.25, -0.2) is 4.98 Å². The molecule has 3 heteroatoms. The number of hydrogen-bond donors (Lipinski definition) is 0. The van der Waals surface area contributed by atoms with E-state index < -0.39 is 0 Å². The molecule has 0 aromatic carbocycles. The first kappa shape index (κ1) is 7.15. The van der Waals surface area contributed by atoms with Gasteiger partial charge < -0.3 is 0 Å². The van der Waals surface area contributed by atoms with Crippen LogP contribution in [-0.4, -0.2) is 10.8 Å². The minimum absolute atomic E-state index is 0.0231. The van der Waals surface area contributed by atoms with Crippen molar-refractivity contribution >= 4 is 17.1 Å². The molecule has 0 aliphatic heterocycles. The predicted octanol–water partition coefficient (Wildman–Crippen LogP) is 1.44. The van der Waals surface area contributed by atoms with Crippen LogP contribution < -0.4 is 0 Å². The summed E-state index contributed by atoms with van der Waals surface area (Å²) < 4.78 is 0. The third-order valence-electron chi connectivity index (χ3n) is 1.04. The molecule has 0 N–H and O–H groups in total. The van der Waals surface area contributed by atoms with Gasteiger partial charge in [0, 0.05) is 11.6 Å². The summed E-state index contributed by atoms with van der Waals surface area (Å²) in [6.45, 7) is 3.37. The van der Waals surface area contributed by atoms with E-state index in [0.29, 0.717) is 6.42 Å². The molecule has 2 nitrogen and oxygen atoms in total. The SMILES string of the molecule is C=CC(=O)Cc1nccs1. The van der Waals surface area contributed by atoms with E-state index in [0.717, 1.165) is 5.01 Å². The molecule has 0 bridgehead atoms. The van der Waals surface area contributed by atoms with Crippen LogP contribution in [0.2, 0.25) is 0 Å². The van der Waals surface area contributed by atoms with E-state index >= 15 is 0 Å². The molecular weight excluding hydrogens is 146 g/mol. The molecule has 52 valence electrons. The lowest BCUT2D eigenvalue weighted by Gasteiger charge is -1.86. The normalized spacial score (nSPS) is 9.20. The van der Waals surface area contributed by atoms with Gasteiger partial charge in [0.2, 0.25) is 0 Å². The van der Waals surface area contributed by atoms with Crippen molar-refractivity contribution in [3.8, 4) is 0 Å². The van der Waals surface area contributed by atoms with Crippen LogP contribution in [0.5, 0.6) is 0 Å². The van der Waals surface area contributed by atoms with Gasteiger partial charge in [0.1, 0.15) is 5.01 Å². The van der Waals surface area contributed by atoms with Gasteiger partial charge in [0.05, 0.1) is 6.42 Å². The topological polar surface area (TPSA) is 30.0 Å². The summed E-state index contributed by atoms with van der Waals surface area (Å²) in [7, 11) is 0. The van der Waals surface area contributed by atoms with Crippen LogP contribution in [-0.2, 0) is 11.2 Å². The molecular formula is C7H7NOS. The van der Waals surface area contributed by atoms with Gasteiger partial charge in [0.25, 0.3) is 0 Å². The van der Waals surface area contributed by atoms with Crippen LogP contribution in [0.15, 0.2) is 24.2 Å². The molecule has 0 amide bonds. The number of carbonyl (C=O) groups excluding carboxylic acids is 1. The van der Waals surface area contributed by atoms with Gasteiger partial charge in [-0.2, -0.15) is 0 Å². The van der Waals surface area contributed by atoms with Gasteiger partial charge >= 0.3 is 0 Å². The number of hydrogen-bond acceptors (Lipinski definition) is 3. The summed E-state index contributed by atoms with van der Waals surface area (Å²) in [4.78, 5) is 14.7. The van der Waals surface area contributed by atoms with E-state index in [1.54, 1.807) is 6.20 Å². The summed E-state index contributed by atoms with van der Waals surface area (Å²) in [5.74, 6) is 0.0231. The zero-order valence-electron chi connectivity index (χ0n) is 5.41. The van der Waals surface area contributed by atoms with Gasteiger partial charge in [-0.15, -0.1) is 11.3 Å². The van der Waals surface area contributed by atoms with Gasteiger partial charge in [-0.3, -0.25) is 4.79 Å². The van der Waals surface area contributed by atoms with Gasteiger partial charge in [-0.05, 0) is 6.08 Å². The Kier molecular flexibility index (Phi) is 2.34. The summed E-state index contributed by atoms with van der Waals surface area (Å²) in [5.41, 5.74) is 0. The number of aromatic nitrogens is 1. The fourth-order valence-electron chi connectivity index (χ4n) is 0.561. The van der Waals surface area contributed by atoms with E-state index in [1.165, 1.54) is 17.4 Å². The highest BCUT2D eigenvalue weighted by Gasteiger charge is 1.99. The van der Waals surface area contributed by atoms with Crippen molar-refractivity contribution in [1.29, 1.82) is 0 Å². The Balaban J connectivity index is 2.56. The van der Waals surface area contributed by atoms with E-state index in [2.05, 4.69) is 11.6 Å². The zero-order valence-corrected chi connectivity index (χ0v) is 6.23. The van der Waals surface area contributed by atoms with Crippen molar-refractivity contribution in [2.75, 3.05) is 0 Å². The first-order chi connectivity index (χ1) is 4.83. The third-order valence-corrected chi connectivity index (χ3v) is 1.82. The molecule has 0 aliphatic carbocycles. The quantitative estimate of drug-likeness (QED) is 0.615. The Labute approximate surface area is 63.2 Å².